The molecule has 0 spiro atoms. The Bertz CT molecular complexity index is 360. The SMILES string of the molecule is C#CCN(C)c1ccc(Cl)c(CO)n1. The van der Waals surface area contributed by atoms with Gasteiger partial charge < -0.3 is 10.0 Å². The molecule has 0 aromatic carbocycles. The first kappa shape index (κ1) is 10.8. The van der Waals surface area contributed by atoms with E-state index in [0.29, 0.717) is 23.1 Å². The lowest BCUT2D eigenvalue weighted by atomic mass is 10.3. The molecule has 0 radical (unpaired) electrons. The summed E-state index contributed by atoms with van der Waals surface area (Å²) >= 11 is 5.80. The van der Waals surface area contributed by atoms with Gasteiger partial charge in [0.25, 0.3) is 0 Å². The van der Waals surface area contributed by atoms with Crippen LogP contribution in [0.5, 0.6) is 0 Å². The summed E-state index contributed by atoms with van der Waals surface area (Å²) in [6, 6.07) is 3.46. The summed E-state index contributed by atoms with van der Waals surface area (Å²) in [7, 11) is 1.83. The normalized spacial score (nSPS) is 9.57. The van der Waals surface area contributed by atoms with Crippen molar-refractivity contribution in [2.24, 2.45) is 0 Å². The number of terminal acetylenes is 1. The van der Waals surface area contributed by atoms with Crippen molar-refractivity contribution in [3.63, 3.8) is 0 Å². The molecule has 0 aliphatic heterocycles. The smallest absolute Gasteiger partial charge is 0.129 e. The Morgan fingerprint density at radius 2 is 2.36 bits per heavy atom. The molecule has 0 atom stereocenters. The molecule has 1 N–H and O–H groups in total. The first-order chi connectivity index (χ1) is 6.69. The number of aromatic nitrogens is 1. The van der Waals surface area contributed by atoms with Gasteiger partial charge in [-0.1, -0.05) is 17.5 Å². The van der Waals surface area contributed by atoms with Crippen LogP contribution in [0.25, 0.3) is 0 Å². The van der Waals surface area contributed by atoms with E-state index in [4.69, 9.17) is 23.1 Å². The maximum atomic E-state index is 8.95. The minimum Gasteiger partial charge on any atom is -0.390 e. The van der Waals surface area contributed by atoms with Crippen LogP contribution in [0.4, 0.5) is 5.82 Å². The zero-order chi connectivity index (χ0) is 10.6. The Kier molecular flexibility index (Phi) is 3.75. The van der Waals surface area contributed by atoms with Crippen LogP contribution in [0.3, 0.4) is 0 Å². The lowest BCUT2D eigenvalue weighted by Crippen LogP contribution is -2.18. The second-order valence-electron chi connectivity index (χ2n) is 2.82. The second-order valence-corrected chi connectivity index (χ2v) is 3.22. The Morgan fingerprint density at radius 1 is 1.64 bits per heavy atom. The van der Waals surface area contributed by atoms with Crippen LogP contribution in [0.15, 0.2) is 12.1 Å². The highest BCUT2D eigenvalue weighted by molar-refractivity contribution is 6.31. The van der Waals surface area contributed by atoms with Crippen molar-refractivity contribution < 1.29 is 5.11 Å². The molecule has 1 rings (SSSR count). The van der Waals surface area contributed by atoms with E-state index in [-0.39, 0.29) is 6.61 Å². The van der Waals surface area contributed by atoms with Gasteiger partial charge in [0.1, 0.15) is 5.82 Å². The molecule has 1 heterocycles. The van der Waals surface area contributed by atoms with Gasteiger partial charge in [-0.15, -0.1) is 6.42 Å². The van der Waals surface area contributed by atoms with Crippen LogP contribution < -0.4 is 4.90 Å². The molecule has 0 unspecified atom stereocenters. The fraction of sp³-hybridized carbons (Fsp3) is 0.300. The quantitative estimate of drug-likeness (QED) is 0.764. The fourth-order valence-electron chi connectivity index (χ4n) is 1.01. The number of anilines is 1. The van der Waals surface area contributed by atoms with Crippen LogP contribution in [0.1, 0.15) is 5.69 Å². The number of hydrogen-bond donors (Lipinski definition) is 1. The van der Waals surface area contributed by atoms with Crippen molar-refractivity contribution in [2.75, 3.05) is 18.5 Å². The first-order valence-corrected chi connectivity index (χ1v) is 4.47. The standard InChI is InChI=1S/C10H11ClN2O/c1-3-6-13(2)10-5-4-8(11)9(7-14)12-10/h1,4-5,14H,6-7H2,2H3. The Labute approximate surface area is 88.3 Å². The average molecular weight is 211 g/mol. The van der Waals surface area contributed by atoms with Crippen molar-refractivity contribution in [2.45, 2.75) is 6.61 Å². The summed E-state index contributed by atoms with van der Waals surface area (Å²) in [5.41, 5.74) is 0.466. The highest BCUT2D eigenvalue weighted by Crippen LogP contribution is 2.18. The fourth-order valence-corrected chi connectivity index (χ4v) is 1.18. The molecule has 1 aromatic rings. The zero-order valence-electron chi connectivity index (χ0n) is 7.87. The minimum absolute atomic E-state index is 0.170. The summed E-state index contributed by atoms with van der Waals surface area (Å²) in [6.07, 6.45) is 5.17. The van der Waals surface area contributed by atoms with Gasteiger partial charge in [-0.25, -0.2) is 4.98 Å². The summed E-state index contributed by atoms with van der Waals surface area (Å²) in [5.74, 6) is 3.21. The molecule has 0 saturated carbocycles. The average Bonchev–Trinajstić information content (AvgIpc) is 2.19. The zero-order valence-corrected chi connectivity index (χ0v) is 8.62. The van der Waals surface area contributed by atoms with E-state index in [2.05, 4.69) is 10.9 Å². The lowest BCUT2D eigenvalue weighted by Gasteiger charge is -2.15. The van der Waals surface area contributed by atoms with E-state index in [0.717, 1.165) is 0 Å². The largest absolute Gasteiger partial charge is 0.390 e. The van der Waals surface area contributed by atoms with E-state index in [1.807, 2.05) is 7.05 Å². The number of aliphatic hydroxyl groups excluding tert-OH is 1. The molecule has 74 valence electrons. The van der Waals surface area contributed by atoms with Crippen molar-refractivity contribution in [3.05, 3.63) is 22.8 Å². The maximum absolute atomic E-state index is 8.95. The monoisotopic (exact) mass is 210 g/mol. The molecule has 14 heavy (non-hydrogen) atoms. The Balaban J connectivity index is 2.95. The van der Waals surface area contributed by atoms with Gasteiger partial charge in [-0.2, -0.15) is 0 Å². The van der Waals surface area contributed by atoms with Crippen LogP contribution in [0.2, 0.25) is 5.02 Å². The third-order valence-electron chi connectivity index (χ3n) is 1.77. The summed E-state index contributed by atoms with van der Waals surface area (Å²) in [6.45, 7) is 0.302. The highest BCUT2D eigenvalue weighted by atomic mass is 35.5. The van der Waals surface area contributed by atoms with Gasteiger partial charge in [0.05, 0.1) is 23.9 Å². The molecule has 1 aromatic heterocycles. The lowest BCUT2D eigenvalue weighted by molar-refractivity contribution is 0.277. The van der Waals surface area contributed by atoms with Gasteiger partial charge in [-0.05, 0) is 12.1 Å². The number of aliphatic hydroxyl groups is 1. The molecule has 0 amide bonds. The number of halogens is 1. The van der Waals surface area contributed by atoms with E-state index in [1.165, 1.54) is 0 Å². The highest BCUT2D eigenvalue weighted by Gasteiger charge is 2.05. The van der Waals surface area contributed by atoms with Gasteiger partial charge in [0.15, 0.2) is 0 Å². The molecule has 4 heteroatoms. The van der Waals surface area contributed by atoms with Crippen LogP contribution >= 0.6 is 11.6 Å². The van der Waals surface area contributed by atoms with Gasteiger partial charge >= 0.3 is 0 Å². The van der Waals surface area contributed by atoms with Crippen molar-refractivity contribution in [1.82, 2.24) is 4.98 Å². The summed E-state index contributed by atoms with van der Waals surface area (Å²) < 4.78 is 0. The van der Waals surface area contributed by atoms with Gasteiger partial charge in [0.2, 0.25) is 0 Å². The van der Waals surface area contributed by atoms with Crippen LogP contribution in [-0.2, 0) is 6.61 Å². The minimum atomic E-state index is -0.170. The van der Waals surface area contributed by atoms with Crippen molar-refractivity contribution in [1.29, 1.82) is 0 Å². The molecule has 0 bridgehead atoms. The van der Waals surface area contributed by atoms with E-state index in [1.54, 1.807) is 17.0 Å². The number of nitrogens with zero attached hydrogens (tertiary/aromatic N) is 2. The summed E-state index contributed by atoms with van der Waals surface area (Å²) in [4.78, 5) is 5.96. The van der Waals surface area contributed by atoms with Gasteiger partial charge in [0, 0.05) is 7.05 Å². The number of pyridine rings is 1. The molecule has 0 aliphatic carbocycles. The maximum Gasteiger partial charge on any atom is 0.129 e. The number of hydrogen-bond acceptors (Lipinski definition) is 3. The molecule has 0 aliphatic rings. The molecule has 0 fully saturated rings. The van der Waals surface area contributed by atoms with E-state index in [9.17, 15) is 0 Å². The third kappa shape index (κ3) is 2.38. The molecular formula is C10H11ClN2O. The van der Waals surface area contributed by atoms with Crippen LogP contribution in [-0.4, -0.2) is 23.7 Å². The molecule has 3 nitrogen and oxygen atoms in total. The predicted molar refractivity (Wildman–Crippen MR) is 57.3 cm³/mol. The second kappa shape index (κ2) is 4.85. The Hall–Kier alpha value is -1.24. The van der Waals surface area contributed by atoms with Crippen molar-refractivity contribution >= 4 is 17.4 Å². The third-order valence-corrected chi connectivity index (χ3v) is 2.12. The van der Waals surface area contributed by atoms with E-state index < -0.39 is 0 Å². The first-order valence-electron chi connectivity index (χ1n) is 4.10. The number of rotatable bonds is 3. The Morgan fingerprint density at radius 3 is 2.93 bits per heavy atom. The predicted octanol–water partition coefficient (Wildman–Crippen LogP) is 1.30. The topological polar surface area (TPSA) is 36.4 Å². The summed E-state index contributed by atoms with van der Waals surface area (Å²) in [5, 5.41) is 9.41. The van der Waals surface area contributed by atoms with E-state index >= 15 is 0 Å². The van der Waals surface area contributed by atoms with Crippen LogP contribution in [0, 0.1) is 12.3 Å². The molecular weight excluding hydrogens is 200 g/mol. The van der Waals surface area contributed by atoms with Gasteiger partial charge in [-0.3, -0.25) is 0 Å². The molecule has 0 saturated heterocycles. The van der Waals surface area contributed by atoms with Crippen molar-refractivity contribution in [3.8, 4) is 12.3 Å².